The normalized spacial score (nSPS) is 19.2. The molecule has 0 bridgehead atoms. The second-order valence-corrected chi connectivity index (χ2v) is 6.55. The van der Waals surface area contributed by atoms with Gasteiger partial charge in [-0.25, -0.2) is 4.98 Å². The van der Waals surface area contributed by atoms with Crippen molar-refractivity contribution in [2.24, 2.45) is 5.41 Å². The number of hydrogen-bond donors (Lipinski definition) is 1. The van der Waals surface area contributed by atoms with Gasteiger partial charge in [-0.1, -0.05) is 6.92 Å². The van der Waals surface area contributed by atoms with E-state index in [4.69, 9.17) is 0 Å². The lowest BCUT2D eigenvalue weighted by Gasteiger charge is -2.38. The largest absolute Gasteiger partial charge is 0.365 e. The smallest absolute Gasteiger partial charge is 0.293 e. The van der Waals surface area contributed by atoms with E-state index < -0.39 is 0 Å². The SMILES string of the molecule is CC(C)n1ccnc(NCC2(C)CCN(C)CC2)c1=O. The number of nitrogens with one attached hydrogen (secondary N) is 1. The number of rotatable bonds is 4. The van der Waals surface area contributed by atoms with Crippen molar-refractivity contribution < 1.29 is 0 Å². The van der Waals surface area contributed by atoms with Crippen molar-refractivity contribution in [3.8, 4) is 0 Å². The second-order valence-electron chi connectivity index (χ2n) is 6.55. The van der Waals surface area contributed by atoms with Gasteiger partial charge in [0.05, 0.1) is 0 Å². The van der Waals surface area contributed by atoms with Gasteiger partial charge in [-0.3, -0.25) is 4.79 Å². The van der Waals surface area contributed by atoms with E-state index >= 15 is 0 Å². The molecule has 1 aliphatic heterocycles. The van der Waals surface area contributed by atoms with Gasteiger partial charge >= 0.3 is 0 Å². The van der Waals surface area contributed by atoms with Gasteiger partial charge in [-0.05, 0) is 52.2 Å². The lowest BCUT2D eigenvalue weighted by atomic mass is 9.80. The summed E-state index contributed by atoms with van der Waals surface area (Å²) in [6.45, 7) is 9.35. The van der Waals surface area contributed by atoms with Crippen LogP contribution in [0, 0.1) is 5.41 Å². The summed E-state index contributed by atoms with van der Waals surface area (Å²) in [7, 11) is 2.16. The minimum atomic E-state index is -0.0287. The quantitative estimate of drug-likeness (QED) is 0.915. The Hall–Kier alpha value is -1.36. The Bertz CT molecular complexity index is 501. The van der Waals surface area contributed by atoms with Gasteiger partial charge in [0.1, 0.15) is 0 Å². The lowest BCUT2D eigenvalue weighted by molar-refractivity contribution is 0.150. The maximum Gasteiger partial charge on any atom is 0.293 e. The zero-order chi connectivity index (χ0) is 14.8. The van der Waals surface area contributed by atoms with E-state index in [2.05, 4.69) is 29.2 Å². The highest BCUT2D eigenvalue weighted by atomic mass is 16.1. The fourth-order valence-electron chi connectivity index (χ4n) is 2.59. The summed E-state index contributed by atoms with van der Waals surface area (Å²) in [5.41, 5.74) is 0.220. The Kier molecular flexibility index (Phi) is 4.48. The molecule has 112 valence electrons. The molecule has 0 radical (unpaired) electrons. The molecule has 0 aliphatic carbocycles. The van der Waals surface area contributed by atoms with Crippen LogP contribution in [0.3, 0.4) is 0 Å². The highest BCUT2D eigenvalue weighted by Gasteiger charge is 2.28. The number of anilines is 1. The van der Waals surface area contributed by atoms with Crippen LogP contribution < -0.4 is 10.9 Å². The van der Waals surface area contributed by atoms with Crippen molar-refractivity contribution in [1.82, 2.24) is 14.5 Å². The Balaban J connectivity index is 2.04. The van der Waals surface area contributed by atoms with E-state index in [1.165, 1.54) is 0 Å². The van der Waals surface area contributed by atoms with Crippen LogP contribution >= 0.6 is 0 Å². The average molecular weight is 278 g/mol. The third-order valence-electron chi connectivity index (χ3n) is 4.30. The molecule has 0 saturated carbocycles. The molecule has 1 saturated heterocycles. The van der Waals surface area contributed by atoms with Crippen LogP contribution in [0.5, 0.6) is 0 Å². The Morgan fingerprint density at radius 2 is 2.05 bits per heavy atom. The number of aromatic nitrogens is 2. The molecule has 1 aromatic rings. The van der Waals surface area contributed by atoms with Gasteiger partial charge in [0, 0.05) is 25.0 Å². The van der Waals surface area contributed by atoms with E-state index in [-0.39, 0.29) is 17.0 Å². The highest BCUT2D eigenvalue weighted by Crippen LogP contribution is 2.30. The van der Waals surface area contributed by atoms with Gasteiger partial charge < -0.3 is 14.8 Å². The zero-order valence-corrected chi connectivity index (χ0v) is 13.0. The third kappa shape index (κ3) is 3.39. The summed E-state index contributed by atoms with van der Waals surface area (Å²) in [6, 6.07) is 0.157. The fourth-order valence-corrected chi connectivity index (χ4v) is 2.59. The molecule has 1 aromatic heterocycles. The van der Waals surface area contributed by atoms with Crippen molar-refractivity contribution in [3.05, 3.63) is 22.7 Å². The molecule has 20 heavy (non-hydrogen) atoms. The summed E-state index contributed by atoms with van der Waals surface area (Å²) in [6.07, 6.45) is 5.75. The van der Waals surface area contributed by atoms with Crippen molar-refractivity contribution in [2.45, 2.75) is 39.7 Å². The van der Waals surface area contributed by atoms with Gasteiger partial charge in [-0.2, -0.15) is 0 Å². The van der Waals surface area contributed by atoms with Crippen LogP contribution in [0.2, 0.25) is 0 Å². The predicted octanol–water partition coefficient (Wildman–Crippen LogP) is 1.97. The van der Waals surface area contributed by atoms with E-state index in [0.29, 0.717) is 5.82 Å². The fraction of sp³-hybridized carbons (Fsp3) is 0.733. The van der Waals surface area contributed by atoms with Crippen LogP contribution in [0.1, 0.15) is 39.7 Å². The summed E-state index contributed by atoms with van der Waals surface area (Å²) < 4.78 is 1.71. The molecule has 5 heteroatoms. The van der Waals surface area contributed by atoms with Gasteiger partial charge in [0.25, 0.3) is 5.56 Å². The van der Waals surface area contributed by atoms with Crippen molar-refractivity contribution >= 4 is 5.82 Å². The number of nitrogens with zero attached hydrogens (tertiary/aromatic N) is 3. The molecule has 0 amide bonds. The molecule has 5 nitrogen and oxygen atoms in total. The first-order valence-corrected chi connectivity index (χ1v) is 7.41. The van der Waals surface area contributed by atoms with Crippen molar-refractivity contribution in [3.63, 3.8) is 0 Å². The molecule has 1 aliphatic rings. The predicted molar refractivity (Wildman–Crippen MR) is 82.2 cm³/mol. The summed E-state index contributed by atoms with van der Waals surface area (Å²) >= 11 is 0. The summed E-state index contributed by atoms with van der Waals surface area (Å²) in [4.78, 5) is 18.8. The third-order valence-corrected chi connectivity index (χ3v) is 4.30. The molecule has 0 unspecified atom stereocenters. The number of likely N-dealkylation sites (tertiary alicyclic amines) is 1. The lowest BCUT2D eigenvalue weighted by Crippen LogP contribution is -2.40. The molecule has 2 rings (SSSR count). The first kappa shape index (κ1) is 15.0. The van der Waals surface area contributed by atoms with Gasteiger partial charge in [0.2, 0.25) is 0 Å². The van der Waals surface area contributed by atoms with Gasteiger partial charge in [0.15, 0.2) is 5.82 Å². The first-order valence-electron chi connectivity index (χ1n) is 7.41. The Labute approximate surface area is 121 Å². The molecule has 0 spiro atoms. The first-order chi connectivity index (χ1) is 9.41. The van der Waals surface area contributed by atoms with E-state index in [9.17, 15) is 4.79 Å². The minimum Gasteiger partial charge on any atom is -0.365 e. The Morgan fingerprint density at radius 1 is 1.40 bits per heavy atom. The molecule has 2 heterocycles. The van der Waals surface area contributed by atoms with Gasteiger partial charge in [-0.15, -0.1) is 0 Å². The van der Waals surface area contributed by atoms with Crippen LogP contribution in [0.4, 0.5) is 5.82 Å². The Morgan fingerprint density at radius 3 is 2.65 bits per heavy atom. The molecule has 1 N–H and O–H groups in total. The maximum absolute atomic E-state index is 12.3. The number of hydrogen-bond acceptors (Lipinski definition) is 4. The highest BCUT2D eigenvalue weighted by molar-refractivity contribution is 5.31. The topological polar surface area (TPSA) is 50.2 Å². The van der Waals surface area contributed by atoms with E-state index in [1.54, 1.807) is 17.0 Å². The molecular weight excluding hydrogens is 252 g/mol. The molecule has 0 atom stereocenters. The maximum atomic E-state index is 12.3. The van der Waals surface area contributed by atoms with Crippen molar-refractivity contribution in [1.29, 1.82) is 0 Å². The van der Waals surface area contributed by atoms with Crippen LogP contribution in [0.25, 0.3) is 0 Å². The van der Waals surface area contributed by atoms with Crippen molar-refractivity contribution in [2.75, 3.05) is 32.0 Å². The standard InChI is InChI=1S/C15H26N4O/c1-12(2)19-10-7-16-13(14(19)20)17-11-15(3)5-8-18(4)9-6-15/h7,10,12H,5-6,8-9,11H2,1-4H3,(H,16,17). The number of piperidine rings is 1. The average Bonchev–Trinajstić information content (AvgIpc) is 2.41. The minimum absolute atomic E-state index is 0.0287. The monoisotopic (exact) mass is 278 g/mol. The van der Waals surface area contributed by atoms with Crippen LogP contribution in [-0.4, -0.2) is 41.1 Å². The van der Waals surface area contributed by atoms with Crippen LogP contribution in [-0.2, 0) is 0 Å². The zero-order valence-electron chi connectivity index (χ0n) is 13.0. The van der Waals surface area contributed by atoms with Crippen LogP contribution in [0.15, 0.2) is 17.2 Å². The molecular formula is C15H26N4O. The van der Waals surface area contributed by atoms with E-state index in [0.717, 1.165) is 32.5 Å². The second kappa shape index (κ2) is 5.95. The molecule has 1 fully saturated rings. The molecule has 0 aromatic carbocycles. The summed E-state index contributed by atoms with van der Waals surface area (Å²) in [5.74, 6) is 0.473. The van der Waals surface area contributed by atoms with E-state index in [1.807, 2.05) is 13.8 Å². The summed E-state index contributed by atoms with van der Waals surface area (Å²) in [5, 5.41) is 3.27.